The van der Waals surface area contributed by atoms with Crippen LogP contribution in [0.5, 0.6) is 0 Å². The van der Waals surface area contributed by atoms with Crippen molar-refractivity contribution in [2.75, 3.05) is 13.1 Å². The van der Waals surface area contributed by atoms with Crippen molar-refractivity contribution in [3.8, 4) is 0 Å². The highest BCUT2D eigenvalue weighted by molar-refractivity contribution is 7.80. The predicted molar refractivity (Wildman–Crippen MR) is 85.1 cm³/mol. The highest BCUT2D eigenvalue weighted by Crippen LogP contribution is 2.12. The van der Waals surface area contributed by atoms with Crippen LogP contribution >= 0.6 is 12.2 Å². The van der Waals surface area contributed by atoms with Crippen LogP contribution in [0, 0.1) is 11.8 Å². The lowest BCUT2D eigenvalue weighted by Gasteiger charge is -2.26. The van der Waals surface area contributed by atoms with Crippen LogP contribution in [-0.2, 0) is 6.54 Å². The molecule has 0 atom stereocenters. The lowest BCUT2D eigenvalue weighted by Crippen LogP contribution is -2.32. The monoisotopic (exact) mass is 279 g/mol. The zero-order valence-electron chi connectivity index (χ0n) is 12.4. The number of nitrogens with two attached hydrogens (primary N) is 1. The molecule has 0 bridgehead atoms. The van der Waals surface area contributed by atoms with Crippen molar-refractivity contribution in [3.05, 3.63) is 29.6 Å². The van der Waals surface area contributed by atoms with Gasteiger partial charge in [0.15, 0.2) is 0 Å². The summed E-state index contributed by atoms with van der Waals surface area (Å²) >= 11 is 5.07. The van der Waals surface area contributed by atoms with E-state index in [1.807, 2.05) is 6.07 Å². The number of nitrogens with zero attached hydrogens (tertiary/aromatic N) is 2. The number of hydrogen-bond acceptors (Lipinski definition) is 3. The third-order valence-corrected chi connectivity index (χ3v) is 2.96. The standard InChI is InChI=1S/C15H25N3S/c1-11(2)8-18(9-12(3)4)10-13-6-5-7-17-14(13)15(16)19/h5-7,11-12H,8-10H2,1-4H3,(H2,16,19). The van der Waals surface area contributed by atoms with Crippen LogP contribution in [0.1, 0.15) is 39.0 Å². The van der Waals surface area contributed by atoms with Gasteiger partial charge in [0, 0.05) is 25.8 Å². The van der Waals surface area contributed by atoms with Gasteiger partial charge < -0.3 is 5.73 Å². The van der Waals surface area contributed by atoms with Crippen molar-refractivity contribution in [1.82, 2.24) is 9.88 Å². The summed E-state index contributed by atoms with van der Waals surface area (Å²) in [6, 6.07) is 4.01. The van der Waals surface area contributed by atoms with Crippen LogP contribution in [0.15, 0.2) is 18.3 Å². The molecule has 0 fully saturated rings. The van der Waals surface area contributed by atoms with Crippen molar-refractivity contribution >= 4 is 17.2 Å². The summed E-state index contributed by atoms with van der Waals surface area (Å²) in [5.74, 6) is 1.28. The molecule has 0 amide bonds. The van der Waals surface area contributed by atoms with Gasteiger partial charge in [0.2, 0.25) is 0 Å². The van der Waals surface area contributed by atoms with E-state index in [2.05, 4.69) is 43.6 Å². The Hall–Kier alpha value is -1.00. The van der Waals surface area contributed by atoms with Crippen LogP contribution in [0.4, 0.5) is 0 Å². The molecule has 0 aliphatic rings. The lowest BCUT2D eigenvalue weighted by atomic mass is 10.1. The molecule has 4 heteroatoms. The molecule has 0 aliphatic carbocycles. The van der Waals surface area contributed by atoms with E-state index in [0.29, 0.717) is 16.8 Å². The van der Waals surface area contributed by atoms with Crippen molar-refractivity contribution in [1.29, 1.82) is 0 Å². The van der Waals surface area contributed by atoms with Gasteiger partial charge in [-0.15, -0.1) is 0 Å². The Kier molecular flexibility index (Phi) is 6.38. The van der Waals surface area contributed by atoms with Crippen LogP contribution in [0.25, 0.3) is 0 Å². The van der Waals surface area contributed by atoms with E-state index < -0.39 is 0 Å². The largest absolute Gasteiger partial charge is 0.388 e. The van der Waals surface area contributed by atoms with Gasteiger partial charge in [0.1, 0.15) is 10.7 Å². The third kappa shape index (κ3) is 5.66. The molecule has 1 aromatic heterocycles. The minimum atomic E-state index is 0.379. The van der Waals surface area contributed by atoms with Crippen molar-refractivity contribution in [2.45, 2.75) is 34.2 Å². The molecule has 3 nitrogen and oxygen atoms in total. The van der Waals surface area contributed by atoms with E-state index in [1.165, 1.54) is 0 Å². The minimum Gasteiger partial charge on any atom is -0.388 e. The summed E-state index contributed by atoms with van der Waals surface area (Å²) in [6.07, 6.45) is 1.74. The van der Waals surface area contributed by atoms with Crippen molar-refractivity contribution in [3.63, 3.8) is 0 Å². The molecule has 2 N–H and O–H groups in total. The molecule has 1 heterocycles. The Balaban J connectivity index is 2.86. The van der Waals surface area contributed by atoms with Gasteiger partial charge in [0.05, 0.1) is 0 Å². The molecule has 0 saturated heterocycles. The van der Waals surface area contributed by atoms with Crippen LogP contribution < -0.4 is 5.73 Å². The number of rotatable bonds is 7. The SMILES string of the molecule is CC(C)CN(Cc1cccnc1C(N)=S)CC(C)C. The Bertz CT molecular complexity index is 406. The minimum absolute atomic E-state index is 0.379. The quantitative estimate of drug-likeness (QED) is 0.779. The molecular formula is C15H25N3S. The molecule has 0 spiro atoms. The van der Waals surface area contributed by atoms with E-state index in [0.717, 1.165) is 30.9 Å². The van der Waals surface area contributed by atoms with Gasteiger partial charge in [-0.3, -0.25) is 9.88 Å². The number of aromatic nitrogens is 1. The van der Waals surface area contributed by atoms with Gasteiger partial charge in [-0.2, -0.15) is 0 Å². The molecule has 1 rings (SSSR count). The second-order valence-electron chi connectivity index (χ2n) is 5.86. The molecule has 19 heavy (non-hydrogen) atoms. The fourth-order valence-electron chi connectivity index (χ4n) is 2.27. The van der Waals surface area contributed by atoms with Gasteiger partial charge in [-0.1, -0.05) is 46.0 Å². The molecule has 0 radical (unpaired) electrons. The summed E-state index contributed by atoms with van der Waals surface area (Å²) in [4.78, 5) is 7.13. The summed E-state index contributed by atoms with van der Waals surface area (Å²) in [7, 11) is 0. The van der Waals surface area contributed by atoms with Gasteiger partial charge >= 0.3 is 0 Å². The number of thiocarbonyl (C=S) groups is 1. The van der Waals surface area contributed by atoms with Crippen molar-refractivity contribution < 1.29 is 0 Å². The molecule has 0 saturated carbocycles. The van der Waals surface area contributed by atoms with E-state index in [9.17, 15) is 0 Å². The summed E-state index contributed by atoms with van der Waals surface area (Å²) in [6.45, 7) is 12.0. The third-order valence-electron chi connectivity index (χ3n) is 2.77. The van der Waals surface area contributed by atoms with E-state index in [-0.39, 0.29) is 0 Å². The molecule has 106 valence electrons. The Labute approximate surface area is 122 Å². The van der Waals surface area contributed by atoms with Crippen LogP contribution in [0.2, 0.25) is 0 Å². The van der Waals surface area contributed by atoms with Crippen LogP contribution in [-0.4, -0.2) is 28.0 Å². The molecule has 1 aromatic rings. The first-order chi connectivity index (χ1) is 8.90. The summed E-state index contributed by atoms with van der Waals surface area (Å²) < 4.78 is 0. The zero-order chi connectivity index (χ0) is 14.4. The maximum atomic E-state index is 5.74. The lowest BCUT2D eigenvalue weighted by molar-refractivity contribution is 0.211. The average molecular weight is 279 g/mol. The first kappa shape index (κ1) is 16.1. The molecular weight excluding hydrogens is 254 g/mol. The van der Waals surface area contributed by atoms with Gasteiger partial charge in [-0.25, -0.2) is 0 Å². The fourth-order valence-corrected chi connectivity index (χ4v) is 2.45. The van der Waals surface area contributed by atoms with E-state index >= 15 is 0 Å². The second-order valence-corrected chi connectivity index (χ2v) is 6.30. The maximum absolute atomic E-state index is 5.74. The van der Waals surface area contributed by atoms with Gasteiger partial charge in [-0.05, 0) is 23.5 Å². The zero-order valence-corrected chi connectivity index (χ0v) is 13.2. The fraction of sp³-hybridized carbons (Fsp3) is 0.600. The van der Waals surface area contributed by atoms with Gasteiger partial charge in [0.25, 0.3) is 0 Å². The number of pyridine rings is 1. The molecule has 0 aromatic carbocycles. The average Bonchev–Trinajstić information content (AvgIpc) is 2.27. The molecule has 0 aliphatic heterocycles. The normalized spacial score (nSPS) is 11.5. The topological polar surface area (TPSA) is 42.2 Å². The Morgan fingerprint density at radius 1 is 1.26 bits per heavy atom. The predicted octanol–water partition coefficient (Wildman–Crippen LogP) is 2.83. The Morgan fingerprint density at radius 3 is 2.32 bits per heavy atom. The van der Waals surface area contributed by atoms with Crippen LogP contribution in [0.3, 0.4) is 0 Å². The summed E-state index contributed by atoms with van der Waals surface area (Å²) in [5, 5.41) is 0. The first-order valence-corrected chi connectivity index (χ1v) is 7.27. The highest BCUT2D eigenvalue weighted by atomic mass is 32.1. The smallest absolute Gasteiger partial charge is 0.123 e. The van der Waals surface area contributed by atoms with E-state index in [1.54, 1.807) is 6.20 Å². The summed E-state index contributed by atoms with van der Waals surface area (Å²) in [5.41, 5.74) is 7.62. The highest BCUT2D eigenvalue weighted by Gasteiger charge is 2.13. The van der Waals surface area contributed by atoms with E-state index in [4.69, 9.17) is 18.0 Å². The Morgan fingerprint density at radius 2 is 1.84 bits per heavy atom. The first-order valence-electron chi connectivity index (χ1n) is 6.86. The number of hydrogen-bond donors (Lipinski definition) is 1. The molecule has 0 unspecified atom stereocenters. The van der Waals surface area contributed by atoms with Crippen molar-refractivity contribution in [2.24, 2.45) is 17.6 Å². The maximum Gasteiger partial charge on any atom is 0.123 e. The second kappa shape index (κ2) is 7.56.